The number of hydrogen-bond donors (Lipinski definition) is 3. The minimum Gasteiger partial charge on any atom is -0.337 e. The smallest absolute Gasteiger partial charge is 0.255 e. The van der Waals surface area contributed by atoms with Crippen LogP contribution >= 0.6 is 0 Å². The highest BCUT2D eigenvalue weighted by atomic mass is 16.2. The van der Waals surface area contributed by atoms with Crippen LogP contribution in [0.5, 0.6) is 0 Å². The van der Waals surface area contributed by atoms with Gasteiger partial charge in [-0.2, -0.15) is 5.10 Å². The molecule has 7 heteroatoms. The third-order valence-electron chi connectivity index (χ3n) is 2.48. The molecule has 0 aliphatic heterocycles. The average Bonchev–Trinajstić information content (AvgIpc) is 2.91. The van der Waals surface area contributed by atoms with E-state index < -0.39 is 0 Å². The first-order valence-electron chi connectivity index (χ1n) is 5.36. The predicted molar refractivity (Wildman–Crippen MR) is 66.4 cm³/mol. The lowest BCUT2D eigenvalue weighted by Crippen LogP contribution is -2.26. The number of hydrogen-bond acceptors (Lipinski definition) is 5. The Bertz CT molecular complexity index is 507. The lowest BCUT2D eigenvalue weighted by molar-refractivity contribution is 0.0785. The number of H-pyrrole nitrogens is 1. The fourth-order valence-corrected chi connectivity index (χ4v) is 1.54. The van der Waals surface area contributed by atoms with Gasteiger partial charge in [-0.1, -0.05) is 0 Å². The summed E-state index contributed by atoms with van der Waals surface area (Å²) in [6.07, 6.45) is 4.93. The highest BCUT2D eigenvalue weighted by Crippen LogP contribution is 2.08. The van der Waals surface area contributed by atoms with E-state index in [1.807, 2.05) is 0 Å². The van der Waals surface area contributed by atoms with Crippen molar-refractivity contribution in [2.45, 2.75) is 6.54 Å². The van der Waals surface area contributed by atoms with Crippen molar-refractivity contribution in [2.24, 2.45) is 5.84 Å². The molecule has 0 fully saturated rings. The van der Waals surface area contributed by atoms with E-state index >= 15 is 0 Å². The molecule has 2 aromatic rings. The Morgan fingerprint density at radius 3 is 2.89 bits per heavy atom. The molecule has 0 spiro atoms. The molecule has 0 saturated carbocycles. The van der Waals surface area contributed by atoms with E-state index in [1.165, 1.54) is 6.20 Å². The molecule has 4 N–H and O–H groups in total. The van der Waals surface area contributed by atoms with Crippen LogP contribution in [0.1, 0.15) is 15.9 Å². The van der Waals surface area contributed by atoms with Crippen molar-refractivity contribution in [1.82, 2.24) is 20.1 Å². The minimum absolute atomic E-state index is 0.104. The van der Waals surface area contributed by atoms with Gasteiger partial charge >= 0.3 is 0 Å². The van der Waals surface area contributed by atoms with Crippen molar-refractivity contribution in [3.8, 4) is 0 Å². The van der Waals surface area contributed by atoms with Crippen molar-refractivity contribution in [1.29, 1.82) is 0 Å². The van der Waals surface area contributed by atoms with E-state index in [-0.39, 0.29) is 5.91 Å². The third kappa shape index (κ3) is 2.64. The summed E-state index contributed by atoms with van der Waals surface area (Å²) in [5.74, 6) is 5.62. The van der Waals surface area contributed by atoms with Gasteiger partial charge in [0.2, 0.25) is 0 Å². The highest BCUT2D eigenvalue weighted by molar-refractivity contribution is 5.93. The number of rotatable bonds is 4. The molecule has 0 aliphatic rings. The number of nitrogens with one attached hydrogen (secondary N) is 2. The van der Waals surface area contributed by atoms with Crippen LogP contribution in [0.15, 0.2) is 30.7 Å². The largest absolute Gasteiger partial charge is 0.337 e. The number of amides is 1. The number of anilines is 1. The summed E-state index contributed by atoms with van der Waals surface area (Å²) in [6.45, 7) is 0.492. The lowest BCUT2D eigenvalue weighted by Gasteiger charge is -2.16. The fourth-order valence-electron chi connectivity index (χ4n) is 1.54. The van der Waals surface area contributed by atoms with Gasteiger partial charge in [-0.15, -0.1) is 0 Å². The quantitative estimate of drug-likeness (QED) is 0.534. The van der Waals surface area contributed by atoms with E-state index in [1.54, 1.807) is 36.5 Å². The number of nitrogens with two attached hydrogens (primary N) is 1. The zero-order valence-electron chi connectivity index (χ0n) is 9.92. The summed E-state index contributed by atoms with van der Waals surface area (Å²) in [5, 5.41) is 6.54. The standard InChI is InChI=1S/C11H14N6O/c1-17(7-8-4-14-15-5-8)11(18)9-2-3-10(16-12)13-6-9/h2-6H,7,12H2,1H3,(H,13,16)(H,14,15). The highest BCUT2D eigenvalue weighted by Gasteiger charge is 2.12. The average molecular weight is 246 g/mol. The van der Waals surface area contributed by atoms with Crippen LogP contribution < -0.4 is 11.3 Å². The molecular formula is C11H14N6O. The third-order valence-corrected chi connectivity index (χ3v) is 2.48. The topological polar surface area (TPSA) is 99.9 Å². The Balaban J connectivity index is 2.05. The summed E-state index contributed by atoms with van der Waals surface area (Å²) in [7, 11) is 1.73. The number of carbonyl (C=O) groups excluding carboxylic acids is 1. The SMILES string of the molecule is CN(Cc1cn[nH]c1)C(=O)c1ccc(NN)nc1. The van der Waals surface area contributed by atoms with Crippen LogP contribution in [0.3, 0.4) is 0 Å². The molecule has 0 unspecified atom stereocenters. The van der Waals surface area contributed by atoms with Crippen LogP contribution in [0.2, 0.25) is 0 Å². The van der Waals surface area contributed by atoms with Crippen LogP contribution in [-0.4, -0.2) is 33.0 Å². The van der Waals surface area contributed by atoms with Gasteiger partial charge in [0.15, 0.2) is 0 Å². The number of carbonyl (C=O) groups is 1. The Labute approximate surface area is 104 Å². The van der Waals surface area contributed by atoms with Gasteiger partial charge in [-0.05, 0) is 12.1 Å². The molecule has 0 saturated heterocycles. The summed E-state index contributed by atoms with van der Waals surface area (Å²) in [6, 6.07) is 3.33. The van der Waals surface area contributed by atoms with Gasteiger partial charge in [0, 0.05) is 31.5 Å². The molecule has 0 bridgehead atoms. The number of nitrogens with zero attached hydrogens (tertiary/aromatic N) is 3. The number of hydrazine groups is 1. The van der Waals surface area contributed by atoms with Gasteiger partial charge in [0.1, 0.15) is 5.82 Å². The van der Waals surface area contributed by atoms with E-state index in [0.29, 0.717) is 17.9 Å². The molecule has 7 nitrogen and oxygen atoms in total. The van der Waals surface area contributed by atoms with Crippen LogP contribution in [0, 0.1) is 0 Å². The maximum Gasteiger partial charge on any atom is 0.255 e. The summed E-state index contributed by atoms with van der Waals surface area (Å²) in [5.41, 5.74) is 3.87. The number of pyridine rings is 1. The van der Waals surface area contributed by atoms with E-state index in [9.17, 15) is 4.79 Å². The number of aromatic amines is 1. The van der Waals surface area contributed by atoms with E-state index in [0.717, 1.165) is 5.56 Å². The monoisotopic (exact) mass is 246 g/mol. The van der Waals surface area contributed by atoms with Gasteiger partial charge in [-0.3, -0.25) is 9.89 Å². The minimum atomic E-state index is -0.104. The summed E-state index contributed by atoms with van der Waals surface area (Å²) >= 11 is 0. The van der Waals surface area contributed by atoms with Crippen molar-refractivity contribution in [2.75, 3.05) is 12.5 Å². The van der Waals surface area contributed by atoms with Crippen molar-refractivity contribution < 1.29 is 4.79 Å². The van der Waals surface area contributed by atoms with E-state index in [2.05, 4.69) is 20.6 Å². The Hall–Kier alpha value is -2.41. The van der Waals surface area contributed by atoms with Crippen molar-refractivity contribution in [3.63, 3.8) is 0 Å². The van der Waals surface area contributed by atoms with Crippen molar-refractivity contribution in [3.05, 3.63) is 41.9 Å². The summed E-state index contributed by atoms with van der Waals surface area (Å²) in [4.78, 5) is 17.7. The molecular weight excluding hydrogens is 232 g/mol. The second-order valence-corrected chi connectivity index (χ2v) is 3.84. The molecule has 0 aliphatic carbocycles. The first-order valence-corrected chi connectivity index (χ1v) is 5.36. The molecule has 0 aromatic carbocycles. The van der Waals surface area contributed by atoms with Crippen molar-refractivity contribution >= 4 is 11.7 Å². The fraction of sp³-hybridized carbons (Fsp3) is 0.182. The first kappa shape index (κ1) is 12.1. The molecule has 0 radical (unpaired) electrons. The lowest BCUT2D eigenvalue weighted by atomic mass is 10.2. The second-order valence-electron chi connectivity index (χ2n) is 3.84. The molecule has 2 rings (SSSR count). The normalized spacial score (nSPS) is 10.1. The second kappa shape index (κ2) is 5.28. The Morgan fingerprint density at radius 1 is 1.50 bits per heavy atom. The predicted octanol–water partition coefficient (Wildman–Crippen LogP) is 0.362. The zero-order valence-corrected chi connectivity index (χ0v) is 9.92. The van der Waals surface area contributed by atoms with Gasteiger partial charge in [0.05, 0.1) is 11.8 Å². The zero-order chi connectivity index (χ0) is 13.0. The molecule has 2 aromatic heterocycles. The van der Waals surface area contributed by atoms with E-state index in [4.69, 9.17) is 5.84 Å². The Morgan fingerprint density at radius 2 is 2.33 bits per heavy atom. The van der Waals surface area contributed by atoms with Crippen LogP contribution in [-0.2, 0) is 6.54 Å². The number of aromatic nitrogens is 3. The maximum atomic E-state index is 12.1. The molecule has 0 atom stereocenters. The van der Waals surface area contributed by atoms with Crippen LogP contribution in [0.25, 0.3) is 0 Å². The first-order chi connectivity index (χ1) is 8.70. The Kier molecular flexibility index (Phi) is 3.54. The van der Waals surface area contributed by atoms with Gasteiger partial charge in [0.25, 0.3) is 5.91 Å². The van der Waals surface area contributed by atoms with Crippen LogP contribution in [0.4, 0.5) is 5.82 Å². The molecule has 1 amide bonds. The van der Waals surface area contributed by atoms with Gasteiger partial charge in [-0.25, -0.2) is 10.8 Å². The number of nitrogen functional groups attached to an aromatic ring is 1. The molecule has 94 valence electrons. The maximum absolute atomic E-state index is 12.1. The summed E-state index contributed by atoms with van der Waals surface area (Å²) < 4.78 is 0. The molecule has 2 heterocycles. The van der Waals surface area contributed by atoms with Gasteiger partial charge < -0.3 is 10.3 Å². The molecule has 18 heavy (non-hydrogen) atoms.